The molecule has 0 radical (unpaired) electrons. The number of amides is 1. The van der Waals surface area contributed by atoms with Crippen molar-refractivity contribution in [3.05, 3.63) is 59.4 Å². The number of nitrogens with zero attached hydrogens (tertiary/aromatic N) is 4. The Bertz CT molecular complexity index is 1220. The average molecular weight is 486 g/mol. The van der Waals surface area contributed by atoms with Crippen LogP contribution in [0.4, 0.5) is 19.0 Å². The predicted molar refractivity (Wildman–Crippen MR) is 123 cm³/mol. The Morgan fingerprint density at radius 2 is 1.97 bits per heavy atom. The van der Waals surface area contributed by atoms with Crippen molar-refractivity contribution >= 4 is 11.7 Å². The highest BCUT2D eigenvalue weighted by molar-refractivity contribution is 5.98. The topological polar surface area (TPSA) is 84.2 Å². The molecular formula is C25H26F3N5O2. The number of aromatic nitrogens is 3. The lowest BCUT2D eigenvalue weighted by molar-refractivity contribution is -0.137. The van der Waals surface area contributed by atoms with E-state index in [4.69, 9.17) is 4.42 Å². The number of likely N-dealkylation sites (tertiary alicyclic amines) is 1. The minimum atomic E-state index is -4.43. The Morgan fingerprint density at radius 1 is 1.14 bits per heavy atom. The lowest BCUT2D eigenvalue weighted by Crippen LogP contribution is -2.48. The summed E-state index contributed by atoms with van der Waals surface area (Å²) in [5.41, 5.74) is 0.763. The second-order valence-corrected chi connectivity index (χ2v) is 9.25. The zero-order valence-corrected chi connectivity index (χ0v) is 19.5. The lowest BCUT2D eigenvalue weighted by Gasteiger charge is -2.35. The van der Waals surface area contributed by atoms with E-state index in [2.05, 4.69) is 20.3 Å². The number of hydrogen-bond donors (Lipinski definition) is 1. The molecule has 0 spiro atoms. The van der Waals surface area contributed by atoms with Crippen molar-refractivity contribution in [3.63, 3.8) is 0 Å². The number of fused-ring (bicyclic) bond motifs is 1. The van der Waals surface area contributed by atoms with Gasteiger partial charge >= 0.3 is 6.18 Å². The summed E-state index contributed by atoms with van der Waals surface area (Å²) in [5.74, 6) is 2.27. The van der Waals surface area contributed by atoms with Gasteiger partial charge in [0.25, 0.3) is 5.91 Å². The van der Waals surface area contributed by atoms with Gasteiger partial charge in [-0.1, -0.05) is 6.92 Å². The van der Waals surface area contributed by atoms with Crippen molar-refractivity contribution in [3.8, 4) is 11.5 Å². The molecular weight excluding hydrogens is 459 g/mol. The molecule has 4 heterocycles. The van der Waals surface area contributed by atoms with Gasteiger partial charge in [-0.3, -0.25) is 4.79 Å². The van der Waals surface area contributed by atoms with Gasteiger partial charge in [-0.2, -0.15) is 13.2 Å². The molecule has 5 rings (SSSR count). The number of halogens is 3. The van der Waals surface area contributed by atoms with Crippen LogP contribution in [0.3, 0.4) is 0 Å². The summed E-state index contributed by atoms with van der Waals surface area (Å²) in [6.07, 6.45) is 0.626. The molecule has 2 aliphatic rings. The molecule has 3 atom stereocenters. The summed E-state index contributed by atoms with van der Waals surface area (Å²) in [6, 6.07) is 5.81. The number of aryl methyl sites for hydroxylation is 2. The number of pyridine rings is 2. The van der Waals surface area contributed by atoms with Crippen molar-refractivity contribution in [2.75, 3.05) is 18.4 Å². The molecule has 35 heavy (non-hydrogen) atoms. The number of carbonyl (C=O) groups excluding carboxylic acids is 1. The number of piperidine rings is 1. The van der Waals surface area contributed by atoms with Gasteiger partial charge in [0.2, 0.25) is 5.89 Å². The van der Waals surface area contributed by atoms with Crippen molar-refractivity contribution in [1.82, 2.24) is 19.9 Å². The fraction of sp³-hybridized carbons (Fsp3) is 0.440. The number of anilines is 1. The Labute approximate surface area is 200 Å². The quantitative estimate of drug-likeness (QED) is 0.530. The smallest absolute Gasteiger partial charge is 0.417 e. The number of oxazole rings is 1. The normalized spacial score (nSPS) is 21.5. The van der Waals surface area contributed by atoms with Crippen LogP contribution >= 0.6 is 0 Å². The van der Waals surface area contributed by atoms with Crippen LogP contribution in [0.25, 0.3) is 11.5 Å². The first-order chi connectivity index (χ1) is 16.7. The summed E-state index contributed by atoms with van der Waals surface area (Å²) >= 11 is 0. The molecule has 0 aromatic carbocycles. The third-order valence-corrected chi connectivity index (χ3v) is 6.76. The third kappa shape index (κ3) is 4.87. The first-order valence-electron chi connectivity index (χ1n) is 11.7. The molecule has 1 aliphatic heterocycles. The minimum absolute atomic E-state index is 0.138. The molecule has 1 N–H and O–H groups in total. The molecule has 3 aromatic heterocycles. The van der Waals surface area contributed by atoms with Crippen LogP contribution in [0.15, 0.2) is 41.1 Å². The van der Waals surface area contributed by atoms with E-state index in [0.717, 1.165) is 30.9 Å². The second-order valence-electron chi connectivity index (χ2n) is 9.25. The van der Waals surface area contributed by atoms with Gasteiger partial charge in [0.05, 0.1) is 17.3 Å². The van der Waals surface area contributed by atoms with E-state index < -0.39 is 11.7 Å². The number of hydrogen-bond acceptors (Lipinski definition) is 6. The number of rotatable bonds is 6. The fourth-order valence-corrected chi connectivity index (χ4v) is 4.66. The molecule has 1 saturated heterocycles. The van der Waals surface area contributed by atoms with Gasteiger partial charge in [-0.05, 0) is 55.9 Å². The number of alkyl halides is 3. The van der Waals surface area contributed by atoms with Gasteiger partial charge in [0.1, 0.15) is 17.3 Å². The van der Waals surface area contributed by atoms with E-state index in [9.17, 15) is 18.0 Å². The van der Waals surface area contributed by atoms with Gasteiger partial charge in [0, 0.05) is 37.4 Å². The maximum absolute atomic E-state index is 13.8. The first-order valence-corrected chi connectivity index (χ1v) is 11.7. The highest BCUT2D eigenvalue weighted by atomic mass is 19.4. The molecule has 7 nitrogen and oxygen atoms in total. The Morgan fingerprint density at radius 3 is 2.66 bits per heavy atom. The lowest BCUT2D eigenvalue weighted by atomic mass is 10.0. The van der Waals surface area contributed by atoms with Crippen molar-refractivity contribution in [2.24, 2.45) is 11.8 Å². The van der Waals surface area contributed by atoms with E-state index in [1.807, 2.05) is 30.9 Å². The van der Waals surface area contributed by atoms with Gasteiger partial charge in [-0.15, -0.1) is 0 Å². The summed E-state index contributed by atoms with van der Waals surface area (Å²) < 4.78 is 44.3. The molecule has 2 fully saturated rings. The van der Waals surface area contributed by atoms with Gasteiger partial charge in [-0.25, -0.2) is 15.0 Å². The van der Waals surface area contributed by atoms with Crippen LogP contribution in [0.5, 0.6) is 0 Å². The number of carbonyl (C=O) groups is 1. The van der Waals surface area contributed by atoms with Crippen molar-refractivity contribution in [2.45, 2.75) is 45.3 Å². The van der Waals surface area contributed by atoms with Crippen LogP contribution in [0.2, 0.25) is 0 Å². The summed E-state index contributed by atoms with van der Waals surface area (Å²) in [5, 5.41) is 3.11. The van der Waals surface area contributed by atoms with Gasteiger partial charge < -0.3 is 14.6 Å². The molecule has 10 heteroatoms. The van der Waals surface area contributed by atoms with Crippen molar-refractivity contribution < 1.29 is 22.4 Å². The minimum Gasteiger partial charge on any atom is -0.441 e. The standard InChI is InChI=1S/C25H26F3N5O2/c1-3-19-12-31-23(35-19)20-6-4-14(2)32-22(20)24(34)33-13-16-8-15(16)9-18(33)11-30-21-7-5-17(10-29-21)25(26,27)28/h4-7,10,12,15-16,18H,3,8-9,11,13H2,1-2H3,(H,29,30)/t15-,16+,18+/m1/s1. The Balaban J connectivity index is 1.37. The Hall–Kier alpha value is -3.43. The summed E-state index contributed by atoms with van der Waals surface area (Å²) in [4.78, 5) is 28.4. The molecule has 0 bridgehead atoms. The van der Waals surface area contributed by atoms with Crippen LogP contribution in [0.1, 0.15) is 47.3 Å². The molecule has 184 valence electrons. The molecule has 1 aliphatic carbocycles. The monoisotopic (exact) mass is 485 g/mol. The number of nitrogens with one attached hydrogen (secondary N) is 1. The van der Waals surface area contributed by atoms with E-state index in [1.54, 1.807) is 6.20 Å². The first kappa shape index (κ1) is 23.3. The maximum Gasteiger partial charge on any atom is 0.417 e. The molecule has 1 amide bonds. The molecule has 1 saturated carbocycles. The van der Waals surface area contributed by atoms with Crippen LogP contribution in [-0.2, 0) is 12.6 Å². The van der Waals surface area contributed by atoms with E-state index >= 15 is 0 Å². The van der Waals surface area contributed by atoms with Crippen molar-refractivity contribution in [1.29, 1.82) is 0 Å². The highest BCUT2D eigenvalue weighted by Gasteiger charge is 2.47. The highest BCUT2D eigenvalue weighted by Crippen LogP contribution is 2.47. The zero-order chi connectivity index (χ0) is 24.7. The van der Waals surface area contributed by atoms with Gasteiger partial charge in [0.15, 0.2) is 0 Å². The Kier molecular flexibility index (Phi) is 5.98. The van der Waals surface area contributed by atoms with E-state index in [1.165, 1.54) is 6.07 Å². The van der Waals surface area contributed by atoms with Crippen LogP contribution in [0, 0.1) is 18.8 Å². The SMILES string of the molecule is CCc1cnc(-c2ccc(C)nc2C(=O)N2C[C@@H]3C[C@@H]3C[C@H]2CNc2ccc(C(F)(F)F)cn2)o1. The summed E-state index contributed by atoms with van der Waals surface area (Å²) in [6.45, 7) is 4.80. The zero-order valence-electron chi connectivity index (χ0n) is 19.5. The second kappa shape index (κ2) is 8.98. The maximum atomic E-state index is 13.8. The van der Waals surface area contributed by atoms with E-state index in [-0.39, 0.29) is 11.9 Å². The molecule has 3 aromatic rings. The predicted octanol–water partition coefficient (Wildman–Crippen LogP) is 4.98. The largest absolute Gasteiger partial charge is 0.441 e. The van der Waals surface area contributed by atoms with E-state index in [0.29, 0.717) is 60.0 Å². The van der Waals surface area contributed by atoms with Crippen LogP contribution < -0.4 is 5.32 Å². The average Bonchev–Trinajstić information content (AvgIpc) is 3.44. The molecule has 0 unspecified atom stereocenters. The summed E-state index contributed by atoms with van der Waals surface area (Å²) in [7, 11) is 0. The fourth-order valence-electron chi connectivity index (χ4n) is 4.66. The third-order valence-electron chi connectivity index (χ3n) is 6.76. The van der Waals surface area contributed by atoms with Crippen LogP contribution in [-0.4, -0.2) is 44.9 Å².